The molecule has 0 saturated carbocycles. The highest BCUT2D eigenvalue weighted by Crippen LogP contribution is 2.42. The fourth-order valence-electron chi connectivity index (χ4n) is 9.39. The number of aromatic amines is 1. The highest BCUT2D eigenvalue weighted by atomic mass is 35.5. The second-order valence-electron chi connectivity index (χ2n) is 16.3. The lowest BCUT2D eigenvalue weighted by molar-refractivity contribution is 0.103. The first-order chi connectivity index (χ1) is 31.7. The van der Waals surface area contributed by atoms with Gasteiger partial charge in [0.15, 0.2) is 11.2 Å². The third kappa shape index (κ3) is 9.12. The van der Waals surface area contributed by atoms with Gasteiger partial charge >= 0.3 is 12.2 Å². The Morgan fingerprint density at radius 2 is 1.28 bits per heavy atom. The lowest BCUT2D eigenvalue weighted by Gasteiger charge is -2.29. The first-order valence-corrected chi connectivity index (χ1v) is 23.0. The largest absolute Gasteiger partial charge is 0.450 e. The molecule has 0 bridgehead atoms. The molecular weight excluding hydrogens is 865 g/mol. The number of aromatic nitrogens is 5. The maximum atomic E-state index is 12.5. The van der Waals surface area contributed by atoms with Crippen molar-refractivity contribution >= 4 is 57.6 Å². The van der Waals surface area contributed by atoms with Crippen LogP contribution in [0.15, 0.2) is 101 Å². The number of carbonyl (C=O) groups excluding carboxylic acids is 2. The van der Waals surface area contributed by atoms with E-state index in [1.165, 1.54) is 21.6 Å². The Bertz CT molecular complexity index is 2900. The third-order valence-corrected chi connectivity index (χ3v) is 13.0. The summed E-state index contributed by atoms with van der Waals surface area (Å²) in [4.78, 5) is 56.4. The molecule has 15 heteroatoms. The summed E-state index contributed by atoms with van der Waals surface area (Å²) in [7, 11) is 0. The Hall–Kier alpha value is -6.44. The Balaban J connectivity index is 0.000000171. The number of para-hydroxylation sites is 1. The van der Waals surface area contributed by atoms with Crippen LogP contribution in [0.5, 0.6) is 5.75 Å². The number of piperidine rings is 2. The van der Waals surface area contributed by atoms with Gasteiger partial charge in [-0.15, -0.1) is 5.10 Å². The molecule has 6 aromatic rings. The molecule has 2 amide bonds. The normalized spacial score (nSPS) is 15.7. The molecule has 0 unspecified atom stereocenters. The number of hydrogen-bond donors (Lipinski definition) is 1. The van der Waals surface area contributed by atoms with Gasteiger partial charge in [0.1, 0.15) is 11.0 Å². The number of aryl methyl sites for hydroxylation is 2. The number of fused-ring (bicyclic) bond motifs is 5. The molecule has 0 atom stereocenters. The highest BCUT2D eigenvalue weighted by molar-refractivity contribution is 6.31. The van der Waals surface area contributed by atoms with E-state index in [1.807, 2.05) is 68.4 Å². The first kappa shape index (κ1) is 43.8. The van der Waals surface area contributed by atoms with E-state index < -0.39 is 0 Å². The van der Waals surface area contributed by atoms with E-state index in [0.717, 1.165) is 106 Å². The molecule has 3 aromatic carbocycles. The lowest BCUT2D eigenvalue weighted by atomic mass is 9.88. The van der Waals surface area contributed by atoms with Crippen molar-refractivity contribution in [1.29, 1.82) is 0 Å². The van der Waals surface area contributed by atoms with Crippen LogP contribution < -0.4 is 10.3 Å². The van der Waals surface area contributed by atoms with Crippen molar-refractivity contribution in [2.24, 2.45) is 0 Å². The van der Waals surface area contributed by atoms with Crippen LogP contribution in [0.25, 0.3) is 22.2 Å². The second-order valence-corrected chi connectivity index (χ2v) is 17.2. The zero-order chi connectivity index (χ0) is 45.0. The van der Waals surface area contributed by atoms with Crippen LogP contribution in [0, 0.1) is 0 Å². The number of H-pyrrole nitrogens is 1. The fraction of sp³-hybridized carbons (Fsp3) is 0.320. The maximum Gasteiger partial charge on any atom is 0.409 e. The fourth-order valence-corrected chi connectivity index (χ4v) is 9.78. The van der Waals surface area contributed by atoms with E-state index in [9.17, 15) is 14.4 Å². The highest BCUT2D eigenvalue weighted by Gasteiger charge is 2.30. The zero-order valence-corrected chi connectivity index (χ0v) is 37.9. The average Bonchev–Trinajstić information content (AvgIpc) is 3.54. The predicted octanol–water partition coefficient (Wildman–Crippen LogP) is 9.66. The van der Waals surface area contributed by atoms with E-state index in [0.29, 0.717) is 61.6 Å². The first-order valence-electron chi connectivity index (χ1n) is 22.2. The topological polar surface area (TPSA) is 145 Å². The standard InChI is InChI=1S/C28H26ClN5O3.C22H23ClN2O3/c1-2-36-28(35)33-15-12-18(13-16-33)26-21-10-8-20(29)17-19(21)7-9-22-25(11-14-30-27(22)26)37-34-24-6-4-3-5-23(24)31-32-34;1-2-28-22(27)25-11-8-14(9-12-25)20-17-6-4-16(23)13-15(17)3-5-18-19(26)7-10-24-21(18)20/h3-6,8,10-11,14,17H,2,7,9,12-13,15-16H2,1H3;4,6-7,10,13H,2-3,5,8-9,11-12H2,1H3,(H,24,26). The molecule has 0 radical (unpaired) electrons. The SMILES string of the molecule is CCOC(=O)N1CCC(=C2c3ccc(Cl)cc3CCc3c(On4nnc5ccccc54)ccnc32)CC1.CCOC(=O)N1CCC(=C2c3ccc(Cl)cc3CCc3c2[nH]ccc3=O)CC1. The van der Waals surface area contributed by atoms with Crippen molar-refractivity contribution in [2.45, 2.75) is 65.2 Å². The van der Waals surface area contributed by atoms with Gasteiger partial charge in [0, 0.05) is 83.0 Å². The summed E-state index contributed by atoms with van der Waals surface area (Å²) < 4.78 is 10.4. The van der Waals surface area contributed by atoms with Gasteiger partial charge in [-0.3, -0.25) is 9.78 Å². The number of nitrogens with zero attached hydrogens (tertiary/aromatic N) is 6. The van der Waals surface area contributed by atoms with Crippen molar-refractivity contribution in [3.8, 4) is 5.75 Å². The van der Waals surface area contributed by atoms with Gasteiger partial charge in [-0.05, 0) is 129 Å². The third-order valence-electron chi connectivity index (χ3n) is 12.5. The number of amides is 2. The molecule has 334 valence electrons. The number of carbonyl (C=O) groups is 2. The Kier molecular flexibility index (Phi) is 13.0. The molecule has 2 fully saturated rings. The van der Waals surface area contributed by atoms with Gasteiger partial charge in [0.05, 0.1) is 24.6 Å². The van der Waals surface area contributed by atoms with Crippen LogP contribution in [0.3, 0.4) is 0 Å². The predicted molar refractivity (Wildman–Crippen MR) is 250 cm³/mol. The molecule has 2 aliphatic carbocycles. The van der Waals surface area contributed by atoms with Gasteiger partial charge < -0.3 is 29.1 Å². The summed E-state index contributed by atoms with van der Waals surface area (Å²) in [5.41, 5.74) is 14.6. The number of ether oxygens (including phenoxy) is 2. The zero-order valence-electron chi connectivity index (χ0n) is 36.4. The smallest absolute Gasteiger partial charge is 0.409 e. The van der Waals surface area contributed by atoms with Gasteiger partial charge in [0.25, 0.3) is 0 Å². The average molecular weight is 915 g/mol. The molecule has 2 aliphatic heterocycles. The molecule has 3 aromatic heterocycles. The number of halogens is 2. The molecule has 1 N–H and O–H groups in total. The second kappa shape index (κ2) is 19.3. The van der Waals surface area contributed by atoms with Crippen molar-refractivity contribution in [1.82, 2.24) is 34.9 Å². The summed E-state index contributed by atoms with van der Waals surface area (Å²) >= 11 is 12.7. The number of rotatable bonds is 4. The van der Waals surface area contributed by atoms with E-state index in [-0.39, 0.29) is 17.6 Å². The van der Waals surface area contributed by atoms with Gasteiger partial charge in [-0.25, -0.2) is 9.59 Å². The van der Waals surface area contributed by atoms with Crippen molar-refractivity contribution in [3.63, 3.8) is 0 Å². The molecule has 13 nitrogen and oxygen atoms in total. The Morgan fingerprint density at radius 1 is 0.692 bits per heavy atom. The quantitative estimate of drug-likeness (QED) is 0.183. The van der Waals surface area contributed by atoms with Crippen LogP contribution in [-0.2, 0) is 35.2 Å². The minimum Gasteiger partial charge on any atom is -0.450 e. The minimum atomic E-state index is -0.256. The number of benzene rings is 3. The van der Waals surface area contributed by atoms with Gasteiger partial charge in [-0.2, -0.15) is 0 Å². The van der Waals surface area contributed by atoms with E-state index in [4.69, 9.17) is 42.5 Å². The number of likely N-dealkylation sites (tertiary alicyclic amines) is 2. The van der Waals surface area contributed by atoms with Gasteiger partial charge in [-0.1, -0.05) is 63.5 Å². The van der Waals surface area contributed by atoms with Crippen LogP contribution in [-0.4, -0.2) is 86.5 Å². The van der Waals surface area contributed by atoms with Crippen molar-refractivity contribution in [3.05, 3.63) is 161 Å². The van der Waals surface area contributed by atoms with Crippen molar-refractivity contribution < 1.29 is 23.9 Å². The number of pyridine rings is 2. The molecule has 0 spiro atoms. The number of hydrogen-bond acceptors (Lipinski definition) is 9. The molecule has 5 heterocycles. The maximum absolute atomic E-state index is 12.5. The summed E-state index contributed by atoms with van der Waals surface area (Å²) in [6.45, 7) is 6.85. The molecule has 10 rings (SSSR count). The molecule has 2 saturated heterocycles. The van der Waals surface area contributed by atoms with E-state index in [1.54, 1.807) is 28.3 Å². The van der Waals surface area contributed by atoms with Crippen LogP contribution in [0.4, 0.5) is 9.59 Å². The molecular formula is C50H49Cl2N7O6. The number of nitrogens with one attached hydrogen (secondary N) is 1. The van der Waals surface area contributed by atoms with Gasteiger partial charge in [0.2, 0.25) is 0 Å². The Labute approximate surface area is 386 Å². The summed E-state index contributed by atoms with van der Waals surface area (Å²) in [5.74, 6) is 0.696. The Morgan fingerprint density at radius 3 is 1.91 bits per heavy atom. The molecule has 4 aliphatic rings. The summed E-state index contributed by atoms with van der Waals surface area (Å²) in [5, 5.41) is 9.84. The van der Waals surface area contributed by atoms with Crippen LogP contribution in [0.1, 0.15) is 84.3 Å². The monoisotopic (exact) mass is 913 g/mol. The van der Waals surface area contributed by atoms with E-state index >= 15 is 0 Å². The summed E-state index contributed by atoms with van der Waals surface area (Å²) in [6, 6.07) is 23.2. The van der Waals surface area contributed by atoms with E-state index in [2.05, 4.69) is 27.4 Å². The van der Waals surface area contributed by atoms with Crippen LogP contribution >= 0.6 is 23.2 Å². The molecule has 65 heavy (non-hydrogen) atoms. The van der Waals surface area contributed by atoms with Crippen molar-refractivity contribution in [2.75, 3.05) is 39.4 Å². The lowest BCUT2D eigenvalue weighted by Crippen LogP contribution is -2.37. The van der Waals surface area contributed by atoms with Crippen LogP contribution in [0.2, 0.25) is 10.0 Å². The summed E-state index contributed by atoms with van der Waals surface area (Å²) in [6.07, 6.45) is 9.00. The minimum absolute atomic E-state index is 0.0645.